The van der Waals surface area contributed by atoms with Crippen LogP contribution in [0.2, 0.25) is 0 Å². The van der Waals surface area contributed by atoms with E-state index in [9.17, 15) is 4.79 Å². The number of benzene rings is 1. The molecule has 1 aromatic carbocycles. The molecule has 0 radical (unpaired) electrons. The number of aldehydes is 1. The van der Waals surface area contributed by atoms with Crippen LogP contribution in [0.15, 0.2) is 30.4 Å². The van der Waals surface area contributed by atoms with Crippen molar-refractivity contribution < 1.29 is 19.7 Å². The maximum Gasteiger partial charge on any atom is 0.161 e. The molecule has 0 aliphatic heterocycles. The number of aliphatic hydroxyl groups is 1. The van der Waals surface area contributed by atoms with Gasteiger partial charge in [-0.25, -0.2) is 0 Å². The summed E-state index contributed by atoms with van der Waals surface area (Å²) in [5, 5.41) is 17.3. The molecule has 0 heterocycles. The van der Waals surface area contributed by atoms with Crippen molar-refractivity contribution in [2.24, 2.45) is 0 Å². The molecule has 100 valence electrons. The molecule has 0 atom stereocenters. The number of allylic oxidation sites excluding steroid dienone is 1. The van der Waals surface area contributed by atoms with E-state index in [4.69, 9.17) is 14.9 Å². The monoisotopic (exact) mass is 252 g/mol. The summed E-state index contributed by atoms with van der Waals surface area (Å²) in [6.45, 7) is 2.35. The Balaban J connectivity index is 0.000000360. The topological polar surface area (TPSA) is 66.8 Å². The standard InChI is InChI=1S/C8H8O3.C6H12O/c1-11-8-4-6(5-9)2-3-7(8)10;1-2-3-4-5-6-7/h2-5,10H,1H3;3-4,7H,2,5-6H2,1H3/b;4-3-. The predicted molar refractivity (Wildman–Crippen MR) is 71.2 cm³/mol. The molecule has 0 aromatic heterocycles. The molecule has 1 rings (SSSR count). The molecule has 0 bridgehead atoms. The molecular formula is C14H20O4. The van der Waals surface area contributed by atoms with Gasteiger partial charge in [0.05, 0.1) is 7.11 Å². The largest absolute Gasteiger partial charge is 0.504 e. The third kappa shape index (κ3) is 6.70. The lowest BCUT2D eigenvalue weighted by Crippen LogP contribution is -1.85. The fourth-order valence-electron chi connectivity index (χ4n) is 1.13. The van der Waals surface area contributed by atoms with Crippen molar-refractivity contribution in [1.82, 2.24) is 0 Å². The number of hydrogen-bond donors (Lipinski definition) is 2. The third-order valence-corrected chi connectivity index (χ3v) is 2.04. The molecule has 0 aliphatic carbocycles. The van der Waals surface area contributed by atoms with Crippen LogP contribution in [0.5, 0.6) is 11.5 Å². The lowest BCUT2D eigenvalue weighted by molar-refractivity contribution is 0.112. The summed E-state index contributed by atoms with van der Waals surface area (Å²) in [5.74, 6) is 0.354. The fraction of sp³-hybridized carbons (Fsp3) is 0.357. The van der Waals surface area contributed by atoms with Gasteiger partial charge in [0.25, 0.3) is 0 Å². The SMILES string of the molecule is CC/C=C\CCO.COc1cc(C=O)ccc1O. The molecular weight excluding hydrogens is 232 g/mol. The number of phenolic OH excluding ortho intramolecular Hbond substituents is 1. The molecule has 4 nitrogen and oxygen atoms in total. The first-order chi connectivity index (χ1) is 8.69. The van der Waals surface area contributed by atoms with Crippen molar-refractivity contribution in [3.63, 3.8) is 0 Å². The zero-order chi connectivity index (χ0) is 13.8. The van der Waals surface area contributed by atoms with Crippen molar-refractivity contribution in [3.05, 3.63) is 35.9 Å². The van der Waals surface area contributed by atoms with E-state index in [0.717, 1.165) is 12.8 Å². The average Bonchev–Trinajstić information content (AvgIpc) is 2.41. The Morgan fingerprint density at radius 1 is 1.33 bits per heavy atom. The maximum atomic E-state index is 10.2. The van der Waals surface area contributed by atoms with Crippen molar-refractivity contribution in [2.75, 3.05) is 13.7 Å². The fourth-order valence-corrected chi connectivity index (χ4v) is 1.13. The smallest absolute Gasteiger partial charge is 0.161 e. The Hall–Kier alpha value is -1.81. The number of aromatic hydroxyl groups is 1. The van der Waals surface area contributed by atoms with E-state index in [-0.39, 0.29) is 12.4 Å². The summed E-state index contributed by atoms with van der Waals surface area (Å²) in [5.41, 5.74) is 0.486. The van der Waals surface area contributed by atoms with Gasteiger partial charge in [0.1, 0.15) is 6.29 Å². The highest BCUT2D eigenvalue weighted by atomic mass is 16.5. The van der Waals surface area contributed by atoms with Crippen LogP contribution in [-0.4, -0.2) is 30.2 Å². The number of rotatable bonds is 5. The number of ether oxygens (including phenoxy) is 1. The first-order valence-electron chi connectivity index (χ1n) is 5.77. The second kappa shape index (κ2) is 10.4. The highest BCUT2D eigenvalue weighted by Gasteiger charge is 2.00. The molecule has 18 heavy (non-hydrogen) atoms. The zero-order valence-electron chi connectivity index (χ0n) is 10.8. The van der Waals surface area contributed by atoms with Gasteiger partial charge in [-0.1, -0.05) is 19.1 Å². The van der Waals surface area contributed by atoms with Crippen molar-refractivity contribution >= 4 is 6.29 Å². The van der Waals surface area contributed by atoms with E-state index in [1.807, 2.05) is 6.08 Å². The first-order valence-corrected chi connectivity index (χ1v) is 5.77. The van der Waals surface area contributed by atoms with Gasteiger partial charge in [-0.2, -0.15) is 0 Å². The van der Waals surface area contributed by atoms with Crippen LogP contribution < -0.4 is 4.74 Å². The summed E-state index contributed by atoms with van der Waals surface area (Å²) in [7, 11) is 1.43. The van der Waals surface area contributed by atoms with Gasteiger partial charge < -0.3 is 14.9 Å². The molecule has 4 heteroatoms. The summed E-state index contributed by atoms with van der Waals surface area (Å²) in [6.07, 6.45) is 6.60. The Morgan fingerprint density at radius 3 is 2.56 bits per heavy atom. The lowest BCUT2D eigenvalue weighted by Gasteiger charge is -2.01. The van der Waals surface area contributed by atoms with Gasteiger partial charge in [-0.3, -0.25) is 4.79 Å². The maximum absolute atomic E-state index is 10.2. The minimum absolute atomic E-state index is 0.0399. The van der Waals surface area contributed by atoms with Crippen LogP contribution in [0, 0.1) is 0 Å². The van der Waals surface area contributed by atoms with E-state index in [1.54, 1.807) is 0 Å². The van der Waals surface area contributed by atoms with Gasteiger partial charge in [-0.05, 0) is 31.0 Å². The normalized spacial score (nSPS) is 9.72. The van der Waals surface area contributed by atoms with Crippen molar-refractivity contribution in [1.29, 1.82) is 0 Å². The number of hydrogen-bond acceptors (Lipinski definition) is 4. The third-order valence-electron chi connectivity index (χ3n) is 2.04. The number of methoxy groups -OCH3 is 1. The predicted octanol–water partition coefficient (Wildman–Crippen LogP) is 2.55. The second-order valence-electron chi connectivity index (χ2n) is 3.44. The van der Waals surface area contributed by atoms with Crippen LogP contribution >= 0.6 is 0 Å². The van der Waals surface area contributed by atoms with Gasteiger partial charge in [0, 0.05) is 12.2 Å². The first kappa shape index (κ1) is 16.2. The molecule has 0 saturated carbocycles. The van der Waals surface area contributed by atoms with Crippen LogP contribution in [0.4, 0.5) is 0 Å². The number of carbonyl (C=O) groups is 1. The molecule has 2 N–H and O–H groups in total. The van der Waals surface area contributed by atoms with Crippen molar-refractivity contribution in [2.45, 2.75) is 19.8 Å². The van der Waals surface area contributed by atoms with Crippen LogP contribution in [-0.2, 0) is 0 Å². The quantitative estimate of drug-likeness (QED) is 0.624. The highest BCUT2D eigenvalue weighted by Crippen LogP contribution is 2.25. The van der Waals surface area contributed by atoms with Crippen LogP contribution in [0.3, 0.4) is 0 Å². The minimum Gasteiger partial charge on any atom is -0.504 e. The van der Waals surface area contributed by atoms with E-state index >= 15 is 0 Å². The summed E-state index contributed by atoms with van der Waals surface area (Å²) >= 11 is 0. The van der Waals surface area contributed by atoms with E-state index in [2.05, 4.69) is 13.0 Å². The molecule has 0 fully saturated rings. The summed E-state index contributed by atoms with van der Waals surface area (Å²) < 4.78 is 4.78. The molecule has 0 spiro atoms. The van der Waals surface area contributed by atoms with Crippen LogP contribution in [0.25, 0.3) is 0 Å². The van der Waals surface area contributed by atoms with Crippen molar-refractivity contribution in [3.8, 4) is 11.5 Å². The second-order valence-corrected chi connectivity index (χ2v) is 3.44. The number of aliphatic hydroxyl groups excluding tert-OH is 1. The zero-order valence-corrected chi connectivity index (χ0v) is 10.8. The molecule has 1 aromatic rings. The Labute approximate surface area is 108 Å². The minimum atomic E-state index is 0.0399. The van der Waals surface area contributed by atoms with E-state index < -0.39 is 0 Å². The van der Waals surface area contributed by atoms with E-state index in [0.29, 0.717) is 17.6 Å². The highest BCUT2D eigenvalue weighted by molar-refractivity contribution is 5.76. The average molecular weight is 252 g/mol. The van der Waals surface area contributed by atoms with Gasteiger partial charge in [0.2, 0.25) is 0 Å². The lowest BCUT2D eigenvalue weighted by atomic mass is 10.2. The number of carbonyl (C=O) groups excluding carboxylic acids is 1. The Bertz CT molecular complexity index is 372. The van der Waals surface area contributed by atoms with Gasteiger partial charge in [0.15, 0.2) is 11.5 Å². The molecule has 0 saturated heterocycles. The Kier molecular flexibility index (Phi) is 9.31. The van der Waals surface area contributed by atoms with Gasteiger partial charge in [-0.15, -0.1) is 0 Å². The van der Waals surface area contributed by atoms with Gasteiger partial charge >= 0.3 is 0 Å². The Morgan fingerprint density at radius 2 is 2.06 bits per heavy atom. The van der Waals surface area contributed by atoms with E-state index in [1.165, 1.54) is 25.3 Å². The summed E-state index contributed by atoms with van der Waals surface area (Å²) in [6, 6.07) is 4.41. The number of phenols is 1. The molecule has 0 aliphatic rings. The van der Waals surface area contributed by atoms with Crippen LogP contribution in [0.1, 0.15) is 30.1 Å². The summed E-state index contributed by atoms with van der Waals surface area (Å²) in [4.78, 5) is 10.2. The molecule has 0 amide bonds. The molecule has 0 unspecified atom stereocenters.